The molecule has 34 heavy (non-hydrogen) atoms. The van der Waals surface area contributed by atoms with E-state index in [0.29, 0.717) is 0 Å². The van der Waals surface area contributed by atoms with Gasteiger partial charge in [-0.1, -0.05) is 91.0 Å². The minimum atomic E-state index is 0.888. The van der Waals surface area contributed by atoms with Crippen LogP contribution in [-0.2, 0) is 0 Å². The molecule has 0 fully saturated rings. The summed E-state index contributed by atoms with van der Waals surface area (Å²) < 4.78 is 6.53. The van der Waals surface area contributed by atoms with Gasteiger partial charge in [-0.15, -0.1) is 0 Å². The van der Waals surface area contributed by atoms with Gasteiger partial charge in [0.25, 0.3) is 0 Å². The van der Waals surface area contributed by atoms with Crippen molar-refractivity contribution < 1.29 is 4.42 Å². The summed E-state index contributed by atoms with van der Waals surface area (Å²) in [6, 6.07) is 38.9. The van der Waals surface area contributed by atoms with Gasteiger partial charge >= 0.3 is 0 Å². The third kappa shape index (κ3) is 2.35. The van der Waals surface area contributed by atoms with E-state index in [1.165, 1.54) is 37.7 Å². The number of furan rings is 1. The lowest BCUT2D eigenvalue weighted by Gasteiger charge is -2.15. The van der Waals surface area contributed by atoms with Crippen molar-refractivity contribution in [2.75, 3.05) is 5.32 Å². The van der Waals surface area contributed by atoms with Crippen molar-refractivity contribution in [3.05, 3.63) is 109 Å². The van der Waals surface area contributed by atoms with Crippen molar-refractivity contribution in [1.82, 2.24) is 0 Å². The van der Waals surface area contributed by atoms with Crippen molar-refractivity contribution in [3.63, 3.8) is 0 Å². The second kappa shape index (κ2) is 6.49. The highest BCUT2D eigenvalue weighted by atomic mass is 16.3. The summed E-state index contributed by atoms with van der Waals surface area (Å²) in [5.41, 5.74) is 3.90. The number of hydrogen-bond acceptors (Lipinski definition) is 2. The second-order valence-electron chi connectivity index (χ2n) is 9.04. The lowest BCUT2D eigenvalue weighted by atomic mass is 9.93. The smallest absolute Gasteiger partial charge is 0.158 e. The summed E-state index contributed by atoms with van der Waals surface area (Å²) >= 11 is 0. The van der Waals surface area contributed by atoms with Crippen molar-refractivity contribution in [1.29, 1.82) is 0 Å². The van der Waals surface area contributed by atoms with Crippen LogP contribution in [0.2, 0.25) is 0 Å². The van der Waals surface area contributed by atoms with Gasteiger partial charge in [-0.25, -0.2) is 0 Å². The summed E-state index contributed by atoms with van der Waals surface area (Å²) in [4.78, 5) is 0. The average molecular weight is 434 g/mol. The van der Waals surface area contributed by atoms with E-state index in [-0.39, 0.29) is 0 Å². The Labute approximate surface area is 195 Å². The van der Waals surface area contributed by atoms with Gasteiger partial charge < -0.3 is 9.73 Å². The molecular formula is C32H19NO. The van der Waals surface area contributed by atoms with Crippen LogP contribution in [0.3, 0.4) is 0 Å². The SMILES string of the molecule is c1ccc2c(c1)ccc1c3cccc(Nc4ccc5ccc6cccc7ccc4c5c67)c3oc21. The van der Waals surface area contributed by atoms with E-state index in [0.717, 1.165) is 38.7 Å². The molecule has 0 atom stereocenters. The molecule has 0 amide bonds. The summed E-state index contributed by atoms with van der Waals surface area (Å²) in [6.45, 7) is 0. The maximum absolute atomic E-state index is 6.53. The zero-order chi connectivity index (χ0) is 22.2. The van der Waals surface area contributed by atoms with E-state index in [1.807, 2.05) is 0 Å². The van der Waals surface area contributed by atoms with Crippen LogP contribution in [-0.4, -0.2) is 0 Å². The van der Waals surface area contributed by atoms with E-state index >= 15 is 0 Å². The van der Waals surface area contributed by atoms with Crippen LogP contribution in [0, 0.1) is 0 Å². The number of para-hydroxylation sites is 1. The molecule has 2 nitrogen and oxygen atoms in total. The lowest BCUT2D eigenvalue weighted by Crippen LogP contribution is -1.93. The summed E-state index contributed by atoms with van der Waals surface area (Å²) in [7, 11) is 0. The van der Waals surface area contributed by atoms with Gasteiger partial charge in [0.1, 0.15) is 5.58 Å². The monoisotopic (exact) mass is 433 g/mol. The molecule has 0 unspecified atom stereocenters. The molecule has 0 spiro atoms. The van der Waals surface area contributed by atoms with E-state index < -0.39 is 0 Å². The van der Waals surface area contributed by atoms with Crippen molar-refractivity contribution in [2.24, 2.45) is 0 Å². The number of anilines is 2. The highest BCUT2D eigenvalue weighted by Crippen LogP contribution is 2.41. The number of hydrogen-bond donors (Lipinski definition) is 1. The largest absolute Gasteiger partial charge is 0.453 e. The highest BCUT2D eigenvalue weighted by Gasteiger charge is 2.15. The van der Waals surface area contributed by atoms with Gasteiger partial charge in [0.15, 0.2) is 5.58 Å². The minimum Gasteiger partial charge on any atom is -0.453 e. The van der Waals surface area contributed by atoms with E-state index in [1.54, 1.807) is 0 Å². The third-order valence-electron chi connectivity index (χ3n) is 7.19. The van der Waals surface area contributed by atoms with Crippen molar-refractivity contribution >= 4 is 76.4 Å². The molecule has 1 aromatic heterocycles. The molecule has 0 aliphatic heterocycles. The van der Waals surface area contributed by atoms with Gasteiger partial charge in [0.2, 0.25) is 0 Å². The Kier molecular flexibility index (Phi) is 3.42. The molecule has 0 saturated heterocycles. The molecule has 8 rings (SSSR count). The first-order valence-electron chi connectivity index (χ1n) is 11.6. The second-order valence-corrected chi connectivity index (χ2v) is 9.04. The number of rotatable bonds is 2. The third-order valence-corrected chi connectivity index (χ3v) is 7.19. The van der Waals surface area contributed by atoms with Crippen LogP contribution in [0.4, 0.5) is 11.4 Å². The molecule has 1 heterocycles. The van der Waals surface area contributed by atoms with Crippen molar-refractivity contribution in [2.45, 2.75) is 0 Å². The number of benzene rings is 7. The van der Waals surface area contributed by atoms with Gasteiger partial charge in [0.05, 0.1) is 5.69 Å². The molecule has 7 aromatic carbocycles. The van der Waals surface area contributed by atoms with E-state index in [2.05, 4.69) is 115 Å². The quantitative estimate of drug-likeness (QED) is 0.275. The van der Waals surface area contributed by atoms with Crippen LogP contribution < -0.4 is 5.32 Å². The number of nitrogens with one attached hydrogen (secondary N) is 1. The average Bonchev–Trinajstić information content (AvgIpc) is 3.28. The molecule has 158 valence electrons. The maximum Gasteiger partial charge on any atom is 0.158 e. The summed E-state index contributed by atoms with van der Waals surface area (Å²) in [5, 5.41) is 16.0. The standard InChI is InChI=1S/C32H19NO/c1-2-8-23-19(5-1)13-16-25-24-9-4-10-28(32(24)34-31(23)25)33-27-18-15-22-12-11-20-6-3-7-21-14-17-26(27)30(22)29(20)21/h1-18,33H. The Balaban J connectivity index is 1.38. The van der Waals surface area contributed by atoms with Gasteiger partial charge in [-0.05, 0) is 50.5 Å². The van der Waals surface area contributed by atoms with Crippen LogP contribution in [0.25, 0.3) is 65.0 Å². The van der Waals surface area contributed by atoms with E-state index in [9.17, 15) is 0 Å². The Bertz CT molecular complexity index is 2030. The molecule has 0 bridgehead atoms. The van der Waals surface area contributed by atoms with Gasteiger partial charge in [-0.3, -0.25) is 0 Å². The zero-order valence-electron chi connectivity index (χ0n) is 18.3. The van der Waals surface area contributed by atoms with Crippen LogP contribution in [0.5, 0.6) is 0 Å². The van der Waals surface area contributed by atoms with E-state index in [4.69, 9.17) is 4.42 Å². The Morgan fingerprint density at radius 3 is 1.91 bits per heavy atom. The zero-order valence-corrected chi connectivity index (χ0v) is 18.3. The predicted octanol–water partition coefficient (Wildman–Crippen LogP) is 9.38. The fourth-order valence-corrected chi connectivity index (χ4v) is 5.61. The first-order chi connectivity index (χ1) is 16.8. The normalized spacial score (nSPS) is 12.1. The lowest BCUT2D eigenvalue weighted by molar-refractivity contribution is 0.674. The Hall–Kier alpha value is -4.56. The van der Waals surface area contributed by atoms with Gasteiger partial charge in [-0.2, -0.15) is 0 Å². The van der Waals surface area contributed by atoms with Crippen LogP contribution >= 0.6 is 0 Å². The maximum atomic E-state index is 6.53. The molecular weight excluding hydrogens is 414 g/mol. The highest BCUT2D eigenvalue weighted by molar-refractivity contribution is 6.25. The van der Waals surface area contributed by atoms with Gasteiger partial charge in [0, 0.05) is 27.2 Å². The van der Waals surface area contributed by atoms with Crippen LogP contribution in [0.1, 0.15) is 0 Å². The summed E-state index contributed by atoms with van der Waals surface area (Å²) in [5.74, 6) is 0. The Morgan fingerprint density at radius 2 is 1.00 bits per heavy atom. The predicted molar refractivity (Wildman–Crippen MR) is 145 cm³/mol. The molecule has 1 N–H and O–H groups in total. The molecule has 0 saturated carbocycles. The minimum absolute atomic E-state index is 0.888. The topological polar surface area (TPSA) is 25.2 Å². The first-order valence-corrected chi connectivity index (χ1v) is 11.6. The molecule has 0 radical (unpaired) electrons. The molecule has 0 aliphatic carbocycles. The fourth-order valence-electron chi connectivity index (χ4n) is 5.61. The molecule has 8 aromatic rings. The Morgan fingerprint density at radius 1 is 0.382 bits per heavy atom. The van der Waals surface area contributed by atoms with Crippen molar-refractivity contribution in [3.8, 4) is 0 Å². The first kappa shape index (κ1) is 17.9. The van der Waals surface area contributed by atoms with Crippen LogP contribution in [0.15, 0.2) is 114 Å². The molecule has 2 heteroatoms. The molecule has 0 aliphatic rings. The number of fused-ring (bicyclic) bond motifs is 5. The fraction of sp³-hybridized carbons (Fsp3) is 0. The summed E-state index contributed by atoms with van der Waals surface area (Å²) in [6.07, 6.45) is 0.